The number of amides is 1. The highest BCUT2D eigenvalue weighted by atomic mass is 16.1. The van der Waals surface area contributed by atoms with Crippen LogP contribution in [0.3, 0.4) is 0 Å². The monoisotopic (exact) mass is 219 g/mol. The van der Waals surface area contributed by atoms with Crippen molar-refractivity contribution < 1.29 is 4.79 Å². The molecule has 0 radical (unpaired) electrons. The largest absolute Gasteiger partial charge is 0.381 e. The van der Waals surface area contributed by atoms with Crippen LogP contribution in [0.15, 0.2) is 31.1 Å². The third-order valence-corrected chi connectivity index (χ3v) is 2.28. The van der Waals surface area contributed by atoms with Crippen LogP contribution in [0.5, 0.6) is 0 Å². The van der Waals surface area contributed by atoms with Crippen LogP contribution in [0.4, 0.5) is 11.4 Å². The molecule has 1 atom stereocenters. The van der Waals surface area contributed by atoms with E-state index in [2.05, 4.69) is 36.0 Å². The number of aromatic nitrogens is 1. The normalized spacial score (nSPS) is 11.6. The zero-order valence-electron chi connectivity index (χ0n) is 9.66. The van der Waals surface area contributed by atoms with Crippen LogP contribution in [-0.2, 0) is 4.79 Å². The van der Waals surface area contributed by atoms with Gasteiger partial charge in [-0.15, -0.1) is 0 Å². The van der Waals surface area contributed by atoms with Gasteiger partial charge in [-0.05, 0) is 25.5 Å². The number of hydrogen-bond donors (Lipinski definition) is 2. The minimum Gasteiger partial charge on any atom is -0.381 e. The van der Waals surface area contributed by atoms with Gasteiger partial charge in [0.25, 0.3) is 0 Å². The quantitative estimate of drug-likeness (QED) is 0.748. The van der Waals surface area contributed by atoms with Crippen molar-refractivity contribution in [2.75, 3.05) is 10.6 Å². The van der Waals surface area contributed by atoms with Crippen molar-refractivity contribution in [2.24, 2.45) is 0 Å². The van der Waals surface area contributed by atoms with E-state index < -0.39 is 0 Å². The maximum Gasteiger partial charge on any atom is 0.247 e. The zero-order chi connectivity index (χ0) is 12.0. The number of anilines is 2. The summed E-state index contributed by atoms with van der Waals surface area (Å²) in [6.07, 6.45) is 5.55. The topological polar surface area (TPSA) is 54.0 Å². The lowest BCUT2D eigenvalue weighted by Crippen LogP contribution is -2.16. The van der Waals surface area contributed by atoms with Crippen LogP contribution in [0.25, 0.3) is 0 Å². The average Bonchev–Trinajstić information content (AvgIpc) is 2.31. The summed E-state index contributed by atoms with van der Waals surface area (Å²) in [6.45, 7) is 7.59. The van der Waals surface area contributed by atoms with E-state index in [9.17, 15) is 4.79 Å². The second-order valence-electron chi connectivity index (χ2n) is 3.57. The molecule has 0 aliphatic carbocycles. The molecule has 0 saturated heterocycles. The second kappa shape index (κ2) is 5.90. The molecule has 4 nitrogen and oxygen atoms in total. The van der Waals surface area contributed by atoms with E-state index in [0.29, 0.717) is 11.7 Å². The Kier molecular flexibility index (Phi) is 4.51. The summed E-state index contributed by atoms with van der Waals surface area (Å²) >= 11 is 0. The maximum atomic E-state index is 11.2. The van der Waals surface area contributed by atoms with Crippen LogP contribution in [-0.4, -0.2) is 16.9 Å². The molecule has 1 aromatic rings. The van der Waals surface area contributed by atoms with E-state index in [0.717, 1.165) is 12.1 Å². The molecule has 0 aliphatic rings. The van der Waals surface area contributed by atoms with Crippen LogP contribution in [0.2, 0.25) is 0 Å². The Morgan fingerprint density at radius 3 is 3.00 bits per heavy atom. The van der Waals surface area contributed by atoms with Gasteiger partial charge in [0.15, 0.2) is 0 Å². The third-order valence-electron chi connectivity index (χ3n) is 2.28. The summed E-state index contributed by atoms with van der Waals surface area (Å²) in [4.78, 5) is 15.2. The third kappa shape index (κ3) is 3.38. The number of nitrogens with one attached hydrogen (secondary N) is 2. The molecule has 0 fully saturated rings. The Labute approximate surface area is 95.8 Å². The summed E-state index contributed by atoms with van der Waals surface area (Å²) in [5.41, 5.74) is 1.55. The van der Waals surface area contributed by atoms with Gasteiger partial charge in [0, 0.05) is 12.2 Å². The van der Waals surface area contributed by atoms with Crippen molar-refractivity contribution in [3.05, 3.63) is 31.1 Å². The summed E-state index contributed by atoms with van der Waals surface area (Å²) in [7, 11) is 0. The Balaban J connectivity index is 2.82. The molecule has 16 heavy (non-hydrogen) atoms. The van der Waals surface area contributed by atoms with E-state index in [1.54, 1.807) is 12.4 Å². The molecule has 0 bridgehead atoms. The Bertz CT molecular complexity index is 376. The van der Waals surface area contributed by atoms with Gasteiger partial charge >= 0.3 is 0 Å². The Morgan fingerprint density at radius 2 is 2.38 bits per heavy atom. The number of pyridine rings is 1. The van der Waals surface area contributed by atoms with Crippen molar-refractivity contribution >= 4 is 17.3 Å². The minimum atomic E-state index is -0.236. The van der Waals surface area contributed by atoms with Crippen molar-refractivity contribution in [3.63, 3.8) is 0 Å². The highest BCUT2D eigenvalue weighted by Crippen LogP contribution is 2.20. The summed E-state index contributed by atoms with van der Waals surface area (Å²) in [5.74, 6) is -0.236. The minimum absolute atomic E-state index is 0.236. The molecular formula is C12H17N3O. The van der Waals surface area contributed by atoms with E-state index in [-0.39, 0.29) is 5.91 Å². The number of nitrogens with zero attached hydrogens (tertiary/aromatic N) is 1. The van der Waals surface area contributed by atoms with Gasteiger partial charge in [0.05, 0.1) is 17.6 Å². The van der Waals surface area contributed by atoms with Gasteiger partial charge < -0.3 is 10.6 Å². The number of carbonyl (C=O) groups is 1. The first-order valence-electron chi connectivity index (χ1n) is 5.31. The fraction of sp³-hybridized carbons (Fsp3) is 0.333. The second-order valence-corrected chi connectivity index (χ2v) is 3.57. The van der Waals surface area contributed by atoms with Gasteiger partial charge in [-0.1, -0.05) is 13.5 Å². The van der Waals surface area contributed by atoms with Crippen molar-refractivity contribution in [3.8, 4) is 0 Å². The van der Waals surface area contributed by atoms with E-state index in [1.165, 1.54) is 6.08 Å². The highest BCUT2D eigenvalue weighted by Gasteiger charge is 2.06. The average molecular weight is 219 g/mol. The first-order valence-corrected chi connectivity index (χ1v) is 5.31. The molecule has 0 spiro atoms. The lowest BCUT2D eigenvalue weighted by atomic mass is 10.2. The molecule has 0 saturated carbocycles. The van der Waals surface area contributed by atoms with Crippen LogP contribution < -0.4 is 10.6 Å². The predicted molar refractivity (Wildman–Crippen MR) is 66.4 cm³/mol. The number of carbonyl (C=O) groups excluding carboxylic acids is 1. The lowest BCUT2D eigenvalue weighted by molar-refractivity contribution is -0.111. The predicted octanol–water partition coefficient (Wildman–Crippen LogP) is 2.42. The molecule has 0 aliphatic heterocycles. The van der Waals surface area contributed by atoms with Gasteiger partial charge in [-0.2, -0.15) is 0 Å². The van der Waals surface area contributed by atoms with Gasteiger partial charge in [0.2, 0.25) is 5.91 Å². The molecule has 1 amide bonds. The number of hydrogen-bond acceptors (Lipinski definition) is 3. The van der Waals surface area contributed by atoms with Crippen LogP contribution >= 0.6 is 0 Å². The molecular weight excluding hydrogens is 202 g/mol. The van der Waals surface area contributed by atoms with Crippen molar-refractivity contribution in [2.45, 2.75) is 26.3 Å². The van der Waals surface area contributed by atoms with E-state index >= 15 is 0 Å². The maximum absolute atomic E-state index is 11.2. The van der Waals surface area contributed by atoms with E-state index in [1.807, 2.05) is 6.07 Å². The molecule has 4 heteroatoms. The summed E-state index contributed by atoms with van der Waals surface area (Å²) in [6, 6.07) is 2.19. The first kappa shape index (κ1) is 12.2. The van der Waals surface area contributed by atoms with Crippen LogP contribution in [0, 0.1) is 0 Å². The molecule has 1 unspecified atom stereocenters. The molecule has 0 aromatic carbocycles. The fourth-order valence-corrected chi connectivity index (χ4v) is 1.17. The smallest absolute Gasteiger partial charge is 0.247 e. The van der Waals surface area contributed by atoms with Gasteiger partial charge in [0.1, 0.15) is 0 Å². The van der Waals surface area contributed by atoms with Gasteiger partial charge in [-0.25, -0.2) is 0 Å². The molecule has 2 N–H and O–H groups in total. The molecule has 1 aromatic heterocycles. The first-order chi connectivity index (χ1) is 7.67. The summed E-state index contributed by atoms with van der Waals surface area (Å²) < 4.78 is 0. The highest BCUT2D eigenvalue weighted by molar-refractivity contribution is 6.00. The van der Waals surface area contributed by atoms with Crippen molar-refractivity contribution in [1.29, 1.82) is 0 Å². The fourth-order valence-electron chi connectivity index (χ4n) is 1.17. The van der Waals surface area contributed by atoms with Crippen LogP contribution in [0.1, 0.15) is 20.3 Å². The molecule has 86 valence electrons. The lowest BCUT2D eigenvalue weighted by Gasteiger charge is -2.16. The SMILES string of the molecule is C=CC(=O)Nc1cnccc1NC(C)CC. The summed E-state index contributed by atoms with van der Waals surface area (Å²) in [5, 5.41) is 6.01. The van der Waals surface area contributed by atoms with E-state index in [4.69, 9.17) is 0 Å². The molecule has 1 heterocycles. The molecule has 1 rings (SSSR count). The van der Waals surface area contributed by atoms with Crippen molar-refractivity contribution in [1.82, 2.24) is 4.98 Å². The zero-order valence-corrected chi connectivity index (χ0v) is 9.66. The van der Waals surface area contributed by atoms with Gasteiger partial charge in [-0.3, -0.25) is 9.78 Å². The Hall–Kier alpha value is -1.84. The standard InChI is InChI=1S/C12H17N3O/c1-4-9(3)14-10-6-7-13-8-11(10)15-12(16)5-2/h5-9H,2,4H2,1,3H3,(H,13,14)(H,15,16). The number of rotatable bonds is 5. The Morgan fingerprint density at radius 1 is 1.62 bits per heavy atom.